The van der Waals surface area contributed by atoms with Crippen LogP contribution in [0.2, 0.25) is 0 Å². The molecule has 140 valence electrons. The average Bonchev–Trinajstić information content (AvgIpc) is 3.07. The Labute approximate surface area is 139 Å². The maximum absolute atomic E-state index is 13.7. The molecule has 6 nitrogen and oxygen atoms in total. The highest BCUT2D eigenvalue weighted by Gasteiger charge is 2.63. The van der Waals surface area contributed by atoms with Crippen LogP contribution in [0.25, 0.3) is 0 Å². The molecule has 2 N–H and O–H groups in total. The lowest BCUT2D eigenvalue weighted by atomic mass is 9.86. The lowest BCUT2D eigenvalue weighted by Gasteiger charge is -2.28. The minimum Gasteiger partial charge on any atom is -0.341 e. The Kier molecular flexibility index (Phi) is 4.25. The first-order valence-electron chi connectivity index (χ1n) is 7.84. The van der Waals surface area contributed by atoms with E-state index in [4.69, 9.17) is 10.3 Å². The van der Waals surface area contributed by atoms with E-state index in [2.05, 4.69) is 10.1 Å². The molecule has 1 saturated carbocycles. The van der Waals surface area contributed by atoms with Gasteiger partial charge in [-0.25, -0.2) is 8.78 Å². The maximum atomic E-state index is 13.7. The van der Waals surface area contributed by atoms with Gasteiger partial charge in [0, 0.05) is 19.0 Å². The third kappa shape index (κ3) is 3.33. The molecule has 1 atom stereocenters. The molecule has 1 amide bonds. The van der Waals surface area contributed by atoms with Crippen LogP contribution in [0.15, 0.2) is 4.52 Å². The molecule has 1 aromatic rings. The van der Waals surface area contributed by atoms with Gasteiger partial charge in [0.25, 0.3) is 5.92 Å². The van der Waals surface area contributed by atoms with Crippen LogP contribution in [0.1, 0.15) is 43.3 Å². The molecule has 1 aliphatic heterocycles. The second-order valence-corrected chi connectivity index (χ2v) is 6.61. The first kappa shape index (κ1) is 18.0. The summed E-state index contributed by atoms with van der Waals surface area (Å²) in [6.45, 7) is -2.19. The molecule has 2 fully saturated rings. The standard InChI is InChI=1S/C14H17F5N4O2/c15-13(16,6-20)5-9(24)23-4-3-12(7-23,14(17,18)19)11-21-10(22-25-11)8-1-2-8/h8H,1-7,20H2. The van der Waals surface area contributed by atoms with Crippen LogP contribution in [0.3, 0.4) is 0 Å². The van der Waals surface area contributed by atoms with Crippen LogP contribution in [0.5, 0.6) is 0 Å². The quantitative estimate of drug-likeness (QED) is 0.803. The molecule has 0 spiro atoms. The minimum absolute atomic E-state index is 0.00478. The summed E-state index contributed by atoms with van der Waals surface area (Å²) in [5.41, 5.74) is 2.34. The number of nitrogens with two attached hydrogens (primary N) is 1. The third-order valence-corrected chi connectivity index (χ3v) is 4.67. The molecular weight excluding hydrogens is 351 g/mol. The molecule has 1 aromatic heterocycles. The van der Waals surface area contributed by atoms with Gasteiger partial charge >= 0.3 is 6.18 Å². The number of hydrogen-bond donors (Lipinski definition) is 1. The molecule has 1 unspecified atom stereocenters. The maximum Gasteiger partial charge on any atom is 0.405 e. The van der Waals surface area contributed by atoms with Crippen molar-refractivity contribution in [2.45, 2.75) is 49.1 Å². The van der Waals surface area contributed by atoms with E-state index in [1.54, 1.807) is 0 Å². The van der Waals surface area contributed by atoms with E-state index in [-0.39, 0.29) is 18.3 Å². The molecule has 1 aliphatic carbocycles. The van der Waals surface area contributed by atoms with Crippen LogP contribution >= 0.6 is 0 Å². The second kappa shape index (κ2) is 5.89. The third-order valence-electron chi connectivity index (χ3n) is 4.67. The zero-order valence-electron chi connectivity index (χ0n) is 13.2. The fraction of sp³-hybridized carbons (Fsp3) is 0.786. The Morgan fingerprint density at radius 3 is 2.56 bits per heavy atom. The lowest BCUT2D eigenvalue weighted by molar-refractivity contribution is -0.194. The van der Waals surface area contributed by atoms with Crippen LogP contribution in [-0.4, -0.2) is 52.7 Å². The number of nitrogens with zero attached hydrogens (tertiary/aromatic N) is 3. The van der Waals surface area contributed by atoms with Crippen LogP contribution in [0.4, 0.5) is 22.0 Å². The monoisotopic (exact) mass is 368 g/mol. The van der Waals surface area contributed by atoms with Gasteiger partial charge in [-0.3, -0.25) is 4.79 Å². The van der Waals surface area contributed by atoms with E-state index in [1.165, 1.54) is 0 Å². The van der Waals surface area contributed by atoms with E-state index in [1.807, 2.05) is 0 Å². The highest BCUT2D eigenvalue weighted by atomic mass is 19.4. The van der Waals surface area contributed by atoms with Crippen LogP contribution in [0, 0.1) is 0 Å². The Morgan fingerprint density at radius 2 is 2.00 bits per heavy atom. The Morgan fingerprint density at radius 1 is 1.32 bits per heavy atom. The molecule has 25 heavy (non-hydrogen) atoms. The number of likely N-dealkylation sites (tertiary alicyclic amines) is 1. The predicted octanol–water partition coefficient (Wildman–Crippen LogP) is 1.96. The van der Waals surface area contributed by atoms with Gasteiger partial charge in [0.1, 0.15) is 0 Å². The SMILES string of the molecule is NCC(F)(F)CC(=O)N1CCC(c2nc(C3CC3)no2)(C(F)(F)F)C1. The van der Waals surface area contributed by atoms with Crippen molar-refractivity contribution in [2.75, 3.05) is 19.6 Å². The van der Waals surface area contributed by atoms with E-state index in [9.17, 15) is 26.7 Å². The number of carbonyl (C=O) groups excluding carboxylic acids is 1. The molecule has 0 radical (unpaired) electrons. The molecule has 0 bridgehead atoms. The van der Waals surface area contributed by atoms with E-state index in [0.717, 1.165) is 17.7 Å². The van der Waals surface area contributed by atoms with Crippen molar-refractivity contribution in [3.63, 3.8) is 0 Å². The number of rotatable bonds is 5. The van der Waals surface area contributed by atoms with E-state index < -0.39 is 55.2 Å². The summed E-state index contributed by atoms with van der Waals surface area (Å²) in [5.74, 6) is -4.92. The first-order chi connectivity index (χ1) is 11.6. The summed E-state index contributed by atoms with van der Waals surface area (Å²) < 4.78 is 72.6. The number of alkyl halides is 5. The summed E-state index contributed by atoms with van der Waals surface area (Å²) in [5, 5.41) is 3.60. The van der Waals surface area contributed by atoms with Crippen molar-refractivity contribution in [2.24, 2.45) is 5.73 Å². The smallest absolute Gasteiger partial charge is 0.341 e. The number of amides is 1. The normalized spacial score (nSPS) is 24.8. The van der Waals surface area contributed by atoms with Gasteiger partial charge in [0.2, 0.25) is 11.8 Å². The van der Waals surface area contributed by atoms with Gasteiger partial charge in [-0.1, -0.05) is 5.16 Å². The number of carbonyl (C=O) groups is 1. The lowest BCUT2D eigenvalue weighted by Crippen LogP contribution is -2.46. The summed E-state index contributed by atoms with van der Waals surface area (Å²) in [4.78, 5) is 16.6. The molecular formula is C14H17F5N4O2. The predicted molar refractivity (Wildman–Crippen MR) is 73.8 cm³/mol. The summed E-state index contributed by atoms with van der Waals surface area (Å²) >= 11 is 0. The average molecular weight is 368 g/mol. The highest BCUT2D eigenvalue weighted by molar-refractivity contribution is 5.77. The van der Waals surface area contributed by atoms with Crippen molar-refractivity contribution in [3.8, 4) is 0 Å². The molecule has 0 aromatic carbocycles. The summed E-state index contributed by atoms with van der Waals surface area (Å²) in [6, 6.07) is 0. The number of halogens is 5. The number of aromatic nitrogens is 2. The minimum atomic E-state index is -4.76. The van der Waals surface area contributed by atoms with Gasteiger partial charge in [-0.2, -0.15) is 18.2 Å². The Bertz CT molecular complexity index is 658. The van der Waals surface area contributed by atoms with Gasteiger partial charge in [-0.15, -0.1) is 0 Å². The van der Waals surface area contributed by atoms with Crippen LogP contribution < -0.4 is 5.73 Å². The molecule has 1 saturated heterocycles. The highest BCUT2D eigenvalue weighted by Crippen LogP contribution is 2.48. The van der Waals surface area contributed by atoms with Crippen molar-refractivity contribution in [1.82, 2.24) is 15.0 Å². The zero-order valence-corrected chi connectivity index (χ0v) is 13.2. The fourth-order valence-corrected chi connectivity index (χ4v) is 2.89. The second-order valence-electron chi connectivity index (χ2n) is 6.61. The van der Waals surface area contributed by atoms with E-state index >= 15 is 0 Å². The van der Waals surface area contributed by atoms with Crippen molar-refractivity contribution < 1.29 is 31.3 Å². The summed E-state index contributed by atoms with van der Waals surface area (Å²) in [6.07, 6.45) is -4.92. The van der Waals surface area contributed by atoms with Crippen molar-refractivity contribution >= 4 is 5.91 Å². The van der Waals surface area contributed by atoms with Crippen molar-refractivity contribution in [3.05, 3.63) is 11.7 Å². The van der Waals surface area contributed by atoms with Gasteiger partial charge in [0.15, 0.2) is 11.2 Å². The Hall–Kier alpha value is -1.78. The van der Waals surface area contributed by atoms with Crippen molar-refractivity contribution in [1.29, 1.82) is 0 Å². The largest absolute Gasteiger partial charge is 0.405 e. The molecule has 11 heteroatoms. The first-order valence-corrected chi connectivity index (χ1v) is 7.84. The van der Waals surface area contributed by atoms with Gasteiger partial charge < -0.3 is 15.2 Å². The fourth-order valence-electron chi connectivity index (χ4n) is 2.89. The van der Waals surface area contributed by atoms with Gasteiger partial charge in [0.05, 0.1) is 13.0 Å². The molecule has 2 aliphatic rings. The zero-order chi connectivity index (χ0) is 18.5. The van der Waals surface area contributed by atoms with E-state index in [0.29, 0.717) is 0 Å². The van der Waals surface area contributed by atoms with Crippen LogP contribution in [-0.2, 0) is 10.2 Å². The number of hydrogen-bond acceptors (Lipinski definition) is 5. The molecule has 2 heterocycles. The Balaban J connectivity index is 1.82. The molecule has 3 rings (SSSR count). The summed E-state index contributed by atoms with van der Waals surface area (Å²) in [7, 11) is 0. The van der Waals surface area contributed by atoms with Gasteiger partial charge in [-0.05, 0) is 19.3 Å². The topological polar surface area (TPSA) is 85.3 Å².